The zero-order valence-electron chi connectivity index (χ0n) is 21.4. The molecular formula is C26H29FN8O4. The highest BCUT2D eigenvalue weighted by Gasteiger charge is 2.48. The lowest BCUT2D eigenvalue weighted by molar-refractivity contribution is -0.118. The Labute approximate surface area is 223 Å². The van der Waals surface area contributed by atoms with Crippen LogP contribution in [-0.4, -0.2) is 81.8 Å². The highest BCUT2D eigenvalue weighted by Crippen LogP contribution is 2.38. The third kappa shape index (κ3) is 4.25. The van der Waals surface area contributed by atoms with Crippen molar-refractivity contribution < 1.29 is 23.5 Å². The van der Waals surface area contributed by atoms with Crippen LogP contribution in [0.2, 0.25) is 0 Å². The minimum absolute atomic E-state index is 0.0526. The molecule has 13 heteroatoms. The highest BCUT2D eigenvalue weighted by molar-refractivity contribution is 5.95. The Kier molecular flexibility index (Phi) is 5.67. The van der Waals surface area contributed by atoms with Crippen LogP contribution >= 0.6 is 0 Å². The van der Waals surface area contributed by atoms with E-state index in [1.807, 2.05) is 6.07 Å². The number of aromatic nitrogens is 4. The molecule has 4 aliphatic rings. The molecule has 2 fully saturated rings. The summed E-state index contributed by atoms with van der Waals surface area (Å²) in [6, 6.07) is 5.38. The van der Waals surface area contributed by atoms with Gasteiger partial charge in [0.1, 0.15) is 22.5 Å². The lowest BCUT2D eigenvalue weighted by Gasteiger charge is -2.38. The van der Waals surface area contributed by atoms with Crippen LogP contribution in [0.4, 0.5) is 20.8 Å². The summed E-state index contributed by atoms with van der Waals surface area (Å²) >= 11 is 0. The Morgan fingerprint density at radius 1 is 1.18 bits per heavy atom. The molecule has 12 nitrogen and oxygen atoms in total. The Balaban J connectivity index is 0.980. The van der Waals surface area contributed by atoms with E-state index in [1.54, 1.807) is 12.1 Å². The van der Waals surface area contributed by atoms with Crippen molar-refractivity contribution in [3.05, 3.63) is 35.1 Å². The van der Waals surface area contributed by atoms with Gasteiger partial charge in [-0.1, -0.05) is 0 Å². The molecule has 7 rings (SSSR count). The number of amides is 2. The molecule has 3 aliphatic heterocycles. The minimum Gasteiger partial charge on any atom is -0.480 e. The normalized spacial score (nSPS) is 22.1. The summed E-state index contributed by atoms with van der Waals surface area (Å²) in [5, 5.41) is 11.3. The van der Waals surface area contributed by atoms with E-state index in [0.29, 0.717) is 73.2 Å². The number of nitrogens with two attached hydrogens (primary N) is 1. The maximum Gasteiger partial charge on any atom is 0.416 e. The van der Waals surface area contributed by atoms with Gasteiger partial charge in [0.2, 0.25) is 0 Å². The third-order valence-electron chi connectivity index (χ3n) is 8.17. The van der Waals surface area contributed by atoms with Crippen LogP contribution < -0.4 is 20.7 Å². The number of halogens is 1. The second-order valence-electron chi connectivity index (χ2n) is 10.8. The van der Waals surface area contributed by atoms with Crippen LogP contribution in [0.3, 0.4) is 0 Å². The molecular weight excluding hydrogens is 507 g/mol. The zero-order chi connectivity index (χ0) is 26.7. The lowest BCUT2D eigenvalue weighted by Crippen LogP contribution is -2.48. The SMILES string of the molecule is NCCn1nc2cc3c(c(F)c2n1)CC(CN1CCC2(CC1)CN(c1ccc4c(n1)NC(=O)CO4)C(=O)O2)C3. The van der Waals surface area contributed by atoms with E-state index in [1.165, 1.54) is 9.70 Å². The number of likely N-dealkylation sites (tertiary alicyclic amines) is 1. The topological polar surface area (TPSA) is 141 Å². The van der Waals surface area contributed by atoms with E-state index in [0.717, 1.165) is 37.2 Å². The van der Waals surface area contributed by atoms with Gasteiger partial charge in [0.15, 0.2) is 24.0 Å². The number of carbonyl (C=O) groups excluding carboxylic acids is 2. The van der Waals surface area contributed by atoms with Gasteiger partial charge in [0, 0.05) is 39.0 Å². The van der Waals surface area contributed by atoms with Gasteiger partial charge in [-0.25, -0.2) is 14.2 Å². The number of ether oxygens (including phenoxy) is 2. The number of nitrogens with one attached hydrogen (secondary N) is 1. The Morgan fingerprint density at radius 2 is 2.03 bits per heavy atom. The Bertz CT molecular complexity index is 1480. The van der Waals surface area contributed by atoms with Crippen molar-refractivity contribution >= 4 is 34.7 Å². The smallest absolute Gasteiger partial charge is 0.416 e. The van der Waals surface area contributed by atoms with Crippen molar-refractivity contribution in [3.63, 3.8) is 0 Å². The molecule has 1 spiro atoms. The first kappa shape index (κ1) is 24.2. The molecule has 2 amide bonds. The number of pyridine rings is 1. The van der Waals surface area contributed by atoms with E-state index in [4.69, 9.17) is 15.2 Å². The molecule has 1 aliphatic carbocycles. The summed E-state index contributed by atoms with van der Waals surface area (Å²) in [6.07, 6.45) is 2.46. The maximum atomic E-state index is 15.3. The Hall–Kier alpha value is -3.84. The molecule has 1 aromatic carbocycles. The van der Waals surface area contributed by atoms with E-state index in [2.05, 4.69) is 25.4 Å². The first-order chi connectivity index (χ1) is 18.9. The van der Waals surface area contributed by atoms with Crippen LogP contribution in [0, 0.1) is 11.7 Å². The number of anilines is 2. The summed E-state index contributed by atoms with van der Waals surface area (Å²) in [7, 11) is 0. The van der Waals surface area contributed by atoms with Gasteiger partial charge in [-0.3, -0.25) is 9.69 Å². The molecule has 0 bridgehead atoms. The van der Waals surface area contributed by atoms with E-state index >= 15 is 4.39 Å². The van der Waals surface area contributed by atoms with Gasteiger partial charge in [-0.2, -0.15) is 15.0 Å². The van der Waals surface area contributed by atoms with Gasteiger partial charge in [0.25, 0.3) is 5.91 Å². The Morgan fingerprint density at radius 3 is 2.85 bits per heavy atom. The molecule has 39 heavy (non-hydrogen) atoms. The fourth-order valence-corrected chi connectivity index (χ4v) is 6.24. The molecule has 0 saturated carbocycles. The van der Waals surface area contributed by atoms with E-state index in [-0.39, 0.29) is 18.3 Å². The van der Waals surface area contributed by atoms with Crippen molar-refractivity contribution in [2.75, 3.05) is 49.5 Å². The number of fused-ring (bicyclic) bond motifs is 3. The fourth-order valence-electron chi connectivity index (χ4n) is 6.24. The quantitative estimate of drug-likeness (QED) is 0.496. The zero-order valence-corrected chi connectivity index (χ0v) is 21.4. The van der Waals surface area contributed by atoms with Crippen LogP contribution in [0.5, 0.6) is 5.75 Å². The van der Waals surface area contributed by atoms with Crippen molar-refractivity contribution in [1.29, 1.82) is 0 Å². The minimum atomic E-state index is -0.575. The van der Waals surface area contributed by atoms with Gasteiger partial charge < -0.3 is 25.4 Å². The van der Waals surface area contributed by atoms with Crippen molar-refractivity contribution in [2.45, 2.75) is 37.8 Å². The van der Waals surface area contributed by atoms with Crippen LogP contribution in [0.15, 0.2) is 18.2 Å². The van der Waals surface area contributed by atoms with Crippen molar-refractivity contribution in [2.24, 2.45) is 11.7 Å². The molecule has 2 aromatic heterocycles. The summed E-state index contributed by atoms with van der Waals surface area (Å²) in [5.74, 6) is 0.978. The average molecular weight is 537 g/mol. The second kappa shape index (κ2) is 9.12. The standard InChI is InChI=1S/C26H29FN8O4/c27-22-17-10-15(9-16(17)11-18-23(22)32-35(31-18)8-5-28)12-33-6-3-26(4-7-33)14-34(25(37)39-26)20-2-1-19-24(29-20)30-21(36)13-38-19/h1-2,11,15H,3-10,12-14,28H2,(H,29,30,36). The summed E-state index contributed by atoms with van der Waals surface area (Å²) in [6.45, 7) is 3.64. The van der Waals surface area contributed by atoms with Gasteiger partial charge >= 0.3 is 6.09 Å². The summed E-state index contributed by atoms with van der Waals surface area (Å²) < 4.78 is 26.5. The molecule has 3 aromatic rings. The first-order valence-electron chi connectivity index (χ1n) is 13.3. The number of hydrogen-bond acceptors (Lipinski definition) is 9. The number of hydrogen-bond donors (Lipinski definition) is 2. The van der Waals surface area contributed by atoms with Crippen LogP contribution in [0.1, 0.15) is 24.0 Å². The van der Waals surface area contributed by atoms with Crippen molar-refractivity contribution in [3.8, 4) is 5.75 Å². The molecule has 0 radical (unpaired) electrons. The fraction of sp³-hybridized carbons (Fsp3) is 0.500. The van der Waals surface area contributed by atoms with Gasteiger partial charge in [0.05, 0.1) is 13.1 Å². The number of piperidine rings is 1. The third-order valence-corrected chi connectivity index (χ3v) is 8.17. The monoisotopic (exact) mass is 536 g/mol. The maximum absolute atomic E-state index is 15.3. The molecule has 3 N–H and O–H groups in total. The molecule has 5 heterocycles. The predicted octanol–water partition coefficient (Wildman–Crippen LogP) is 1.46. The molecule has 2 saturated heterocycles. The highest BCUT2D eigenvalue weighted by atomic mass is 19.1. The van der Waals surface area contributed by atoms with Crippen LogP contribution in [0.25, 0.3) is 11.0 Å². The average Bonchev–Trinajstić information content (AvgIpc) is 3.61. The van der Waals surface area contributed by atoms with E-state index < -0.39 is 11.7 Å². The molecule has 1 atom stereocenters. The predicted molar refractivity (Wildman–Crippen MR) is 138 cm³/mol. The largest absolute Gasteiger partial charge is 0.480 e. The van der Waals surface area contributed by atoms with E-state index in [9.17, 15) is 9.59 Å². The first-order valence-corrected chi connectivity index (χ1v) is 13.3. The summed E-state index contributed by atoms with van der Waals surface area (Å²) in [4.78, 5) is 34.3. The number of rotatable bonds is 5. The number of nitrogens with zero attached hydrogens (tertiary/aromatic N) is 6. The van der Waals surface area contributed by atoms with Crippen molar-refractivity contribution in [1.82, 2.24) is 24.9 Å². The second-order valence-corrected chi connectivity index (χ2v) is 10.8. The lowest BCUT2D eigenvalue weighted by atomic mass is 9.90. The van der Waals surface area contributed by atoms with Crippen LogP contribution in [-0.2, 0) is 28.9 Å². The number of benzene rings is 1. The van der Waals surface area contributed by atoms with Gasteiger partial charge in [-0.05, 0) is 48.1 Å². The van der Waals surface area contributed by atoms with Gasteiger partial charge in [-0.15, -0.1) is 0 Å². The molecule has 204 valence electrons. The molecule has 1 unspecified atom stereocenters. The number of carbonyl (C=O) groups is 2. The summed E-state index contributed by atoms with van der Waals surface area (Å²) in [5.41, 5.74) is 7.67.